The lowest BCUT2D eigenvalue weighted by Crippen LogP contribution is -2.31. The van der Waals surface area contributed by atoms with Crippen molar-refractivity contribution in [3.63, 3.8) is 0 Å². The molecule has 1 aromatic heterocycles. The SMILES string of the molecule is CCN(CC)c1ccc(-c2nc3n(n2)C(c2cccc(OC)c2OC)C(C(=O)Nc2ccccc2)=C(C)N3)cc1. The van der Waals surface area contributed by atoms with E-state index >= 15 is 0 Å². The van der Waals surface area contributed by atoms with Crippen LogP contribution in [0.4, 0.5) is 17.3 Å². The second kappa shape index (κ2) is 11.5. The van der Waals surface area contributed by atoms with E-state index in [0.29, 0.717) is 40.2 Å². The first-order valence-corrected chi connectivity index (χ1v) is 13.4. The van der Waals surface area contributed by atoms with Gasteiger partial charge >= 0.3 is 0 Å². The van der Waals surface area contributed by atoms with Crippen LogP contribution >= 0.6 is 0 Å². The quantitative estimate of drug-likeness (QED) is 0.281. The van der Waals surface area contributed by atoms with Crippen molar-refractivity contribution >= 4 is 23.2 Å². The molecule has 2 heterocycles. The Kier molecular flexibility index (Phi) is 7.72. The fraction of sp³-hybridized carbons (Fsp3) is 0.258. The van der Waals surface area contributed by atoms with Gasteiger partial charge in [-0.2, -0.15) is 4.98 Å². The van der Waals surface area contributed by atoms with Gasteiger partial charge in [0.1, 0.15) is 6.04 Å². The van der Waals surface area contributed by atoms with Crippen molar-refractivity contribution in [1.29, 1.82) is 0 Å². The zero-order valence-corrected chi connectivity index (χ0v) is 23.4. The molecular formula is C31H34N6O3. The van der Waals surface area contributed by atoms with Gasteiger partial charge in [-0.15, -0.1) is 5.10 Å². The molecule has 4 aromatic rings. The van der Waals surface area contributed by atoms with Crippen molar-refractivity contribution in [2.24, 2.45) is 0 Å². The lowest BCUT2D eigenvalue weighted by atomic mass is 9.94. The van der Waals surface area contributed by atoms with Crippen molar-refractivity contribution in [3.05, 3.63) is 89.6 Å². The van der Waals surface area contributed by atoms with Crippen molar-refractivity contribution in [3.8, 4) is 22.9 Å². The highest BCUT2D eigenvalue weighted by atomic mass is 16.5. The van der Waals surface area contributed by atoms with E-state index in [1.54, 1.807) is 18.9 Å². The Balaban J connectivity index is 1.61. The van der Waals surface area contributed by atoms with E-state index in [2.05, 4.69) is 41.5 Å². The summed E-state index contributed by atoms with van der Waals surface area (Å²) in [7, 11) is 3.18. The number of nitrogens with one attached hydrogen (secondary N) is 2. The number of aromatic nitrogens is 3. The molecule has 5 rings (SSSR count). The minimum atomic E-state index is -0.624. The summed E-state index contributed by atoms with van der Waals surface area (Å²) in [5, 5.41) is 11.3. The average Bonchev–Trinajstić information content (AvgIpc) is 3.41. The molecule has 1 aliphatic rings. The molecule has 40 heavy (non-hydrogen) atoms. The van der Waals surface area contributed by atoms with Gasteiger partial charge in [-0.1, -0.05) is 30.3 Å². The first kappa shape index (κ1) is 26.8. The number of ether oxygens (including phenoxy) is 2. The summed E-state index contributed by atoms with van der Waals surface area (Å²) in [6.45, 7) is 8.01. The largest absolute Gasteiger partial charge is 0.493 e. The fourth-order valence-electron chi connectivity index (χ4n) is 5.11. The van der Waals surface area contributed by atoms with E-state index < -0.39 is 6.04 Å². The van der Waals surface area contributed by atoms with Gasteiger partial charge in [-0.25, -0.2) is 4.68 Å². The third-order valence-electron chi connectivity index (χ3n) is 7.11. The summed E-state index contributed by atoms with van der Waals surface area (Å²) in [6, 6.07) is 22.6. The topological polar surface area (TPSA) is 93.5 Å². The molecule has 1 aliphatic heterocycles. The molecule has 0 saturated carbocycles. The fourth-order valence-corrected chi connectivity index (χ4v) is 5.11. The van der Waals surface area contributed by atoms with Crippen molar-refractivity contribution in [2.45, 2.75) is 26.8 Å². The zero-order chi connectivity index (χ0) is 28.2. The Morgan fingerprint density at radius 3 is 2.35 bits per heavy atom. The maximum atomic E-state index is 13.8. The number of carbonyl (C=O) groups excluding carboxylic acids is 1. The van der Waals surface area contributed by atoms with E-state index in [1.165, 1.54) is 0 Å². The van der Waals surface area contributed by atoms with Gasteiger partial charge in [0.15, 0.2) is 17.3 Å². The number of hydrogen-bond acceptors (Lipinski definition) is 7. The van der Waals surface area contributed by atoms with E-state index in [-0.39, 0.29) is 5.91 Å². The summed E-state index contributed by atoms with van der Waals surface area (Å²) in [6.07, 6.45) is 0. The van der Waals surface area contributed by atoms with Crippen LogP contribution < -0.4 is 25.0 Å². The van der Waals surface area contributed by atoms with Gasteiger partial charge in [-0.3, -0.25) is 4.79 Å². The van der Waals surface area contributed by atoms with Crippen LogP contribution in [-0.2, 0) is 4.79 Å². The van der Waals surface area contributed by atoms with E-state index in [1.807, 2.05) is 67.6 Å². The molecule has 206 valence electrons. The third kappa shape index (κ3) is 4.98. The van der Waals surface area contributed by atoms with Crippen LogP contribution in [0.3, 0.4) is 0 Å². The maximum absolute atomic E-state index is 13.8. The van der Waals surface area contributed by atoms with E-state index in [4.69, 9.17) is 19.6 Å². The maximum Gasteiger partial charge on any atom is 0.255 e. The highest BCUT2D eigenvalue weighted by Crippen LogP contribution is 2.43. The number of hydrogen-bond donors (Lipinski definition) is 2. The molecule has 0 radical (unpaired) electrons. The predicted molar refractivity (Wildman–Crippen MR) is 158 cm³/mol. The first-order chi connectivity index (χ1) is 19.5. The Labute approximate surface area is 234 Å². The number of nitrogens with zero attached hydrogens (tertiary/aromatic N) is 4. The summed E-state index contributed by atoms with van der Waals surface area (Å²) in [5.74, 6) is 1.93. The molecule has 1 atom stereocenters. The number of allylic oxidation sites excluding steroid dienone is 1. The van der Waals surface area contributed by atoms with Crippen LogP contribution in [0.25, 0.3) is 11.4 Å². The number of fused-ring (bicyclic) bond motifs is 1. The number of carbonyl (C=O) groups is 1. The molecule has 0 saturated heterocycles. The van der Waals surface area contributed by atoms with Gasteiger partial charge in [0.2, 0.25) is 5.95 Å². The summed E-state index contributed by atoms with van der Waals surface area (Å²) in [5.41, 5.74) is 4.62. The number of methoxy groups -OCH3 is 2. The molecule has 3 aromatic carbocycles. The Hall–Kier alpha value is -4.79. The second-order valence-electron chi connectivity index (χ2n) is 9.39. The number of benzene rings is 3. The minimum Gasteiger partial charge on any atom is -0.493 e. The highest BCUT2D eigenvalue weighted by Gasteiger charge is 2.37. The standard InChI is InChI=1S/C31H34N6O3/c1-6-36(7-2)23-18-16-21(17-19-23)29-34-31-32-20(3)26(30(38)33-22-12-9-8-10-13-22)27(37(31)35-29)24-14-11-15-25(39-4)28(24)40-5/h8-19,27H,6-7H2,1-5H3,(H,33,38)(H,32,34,35). The second-order valence-corrected chi connectivity index (χ2v) is 9.39. The first-order valence-electron chi connectivity index (χ1n) is 13.4. The third-order valence-corrected chi connectivity index (χ3v) is 7.11. The Morgan fingerprint density at radius 2 is 1.70 bits per heavy atom. The summed E-state index contributed by atoms with van der Waals surface area (Å²) in [4.78, 5) is 20.9. The number of rotatable bonds is 9. The minimum absolute atomic E-state index is 0.252. The van der Waals surface area contributed by atoms with Crippen LogP contribution in [0, 0.1) is 0 Å². The monoisotopic (exact) mass is 538 g/mol. The molecular weight excluding hydrogens is 504 g/mol. The zero-order valence-electron chi connectivity index (χ0n) is 23.4. The average molecular weight is 539 g/mol. The summed E-state index contributed by atoms with van der Waals surface area (Å²) >= 11 is 0. The van der Waals surface area contributed by atoms with Crippen LogP contribution in [0.15, 0.2) is 84.1 Å². The normalized spacial score (nSPS) is 14.3. The van der Waals surface area contributed by atoms with Crippen LogP contribution in [0.5, 0.6) is 11.5 Å². The van der Waals surface area contributed by atoms with Crippen molar-refractivity contribution in [2.75, 3.05) is 42.8 Å². The summed E-state index contributed by atoms with van der Waals surface area (Å²) < 4.78 is 13.1. The molecule has 1 amide bonds. The lowest BCUT2D eigenvalue weighted by Gasteiger charge is -2.30. The van der Waals surface area contributed by atoms with Gasteiger partial charge in [-0.05, 0) is 63.2 Å². The predicted octanol–water partition coefficient (Wildman–Crippen LogP) is 5.74. The van der Waals surface area contributed by atoms with Gasteiger partial charge in [0.05, 0.1) is 19.8 Å². The van der Waals surface area contributed by atoms with Crippen LogP contribution in [0.2, 0.25) is 0 Å². The smallest absolute Gasteiger partial charge is 0.255 e. The molecule has 9 heteroatoms. The molecule has 1 unspecified atom stereocenters. The van der Waals surface area contributed by atoms with Crippen LogP contribution in [0.1, 0.15) is 32.4 Å². The van der Waals surface area contributed by atoms with E-state index in [9.17, 15) is 4.79 Å². The number of para-hydroxylation sites is 2. The van der Waals surface area contributed by atoms with Gasteiger partial charge in [0.25, 0.3) is 5.91 Å². The number of amides is 1. The molecule has 0 spiro atoms. The molecule has 9 nitrogen and oxygen atoms in total. The Bertz CT molecular complexity index is 1520. The number of anilines is 3. The molecule has 0 bridgehead atoms. The van der Waals surface area contributed by atoms with Gasteiger partial charge < -0.3 is 25.0 Å². The molecule has 0 fully saturated rings. The lowest BCUT2D eigenvalue weighted by molar-refractivity contribution is -0.113. The highest BCUT2D eigenvalue weighted by molar-refractivity contribution is 6.06. The van der Waals surface area contributed by atoms with Crippen molar-refractivity contribution < 1.29 is 14.3 Å². The molecule has 0 aliphatic carbocycles. The van der Waals surface area contributed by atoms with Crippen molar-refractivity contribution in [1.82, 2.24) is 14.8 Å². The van der Waals surface area contributed by atoms with Crippen LogP contribution in [-0.4, -0.2) is 48.0 Å². The Morgan fingerprint density at radius 1 is 0.975 bits per heavy atom. The van der Waals surface area contributed by atoms with Gasteiger partial charge in [0, 0.05) is 41.3 Å². The molecule has 2 N–H and O–H groups in total. The van der Waals surface area contributed by atoms with E-state index in [0.717, 1.165) is 29.9 Å².